The smallest absolute Gasteiger partial charge is 0.326 e. The number of hydrogen-bond acceptors (Lipinski definition) is 8. The van der Waals surface area contributed by atoms with Crippen molar-refractivity contribution < 1.29 is 39.0 Å². The number of hydrogen-bond donors (Lipinski definition) is 7. The molecule has 0 bridgehead atoms. The molecule has 0 heterocycles. The van der Waals surface area contributed by atoms with Gasteiger partial charge in [-0.3, -0.25) is 24.0 Å². The first kappa shape index (κ1) is 31.4. The van der Waals surface area contributed by atoms with Crippen molar-refractivity contribution in [2.75, 3.05) is 12.0 Å². The van der Waals surface area contributed by atoms with Gasteiger partial charge in [0.25, 0.3) is 0 Å². The predicted octanol–water partition coefficient (Wildman–Crippen LogP) is -1.41. The summed E-state index contributed by atoms with van der Waals surface area (Å²) in [7, 11) is 0. The zero-order valence-corrected chi connectivity index (χ0v) is 21.2. The van der Waals surface area contributed by atoms with Crippen molar-refractivity contribution in [3.05, 3.63) is 35.9 Å². The Balaban J connectivity index is 3.10. The number of amides is 4. The highest BCUT2D eigenvalue weighted by atomic mass is 32.2. The molecule has 9 N–H and O–H groups in total. The first-order valence-corrected chi connectivity index (χ1v) is 12.8. The van der Waals surface area contributed by atoms with E-state index in [4.69, 9.17) is 11.5 Å². The van der Waals surface area contributed by atoms with Crippen LogP contribution in [0.2, 0.25) is 0 Å². The summed E-state index contributed by atoms with van der Waals surface area (Å²) in [5.74, 6) is -5.53. The molecule has 0 saturated heterocycles. The molecule has 14 heteroatoms. The quantitative estimate of drug-likeness (QED) is 0.122. The number of carbonyl (C=O) groups is 6. The number of carboxylic acids is 2. The summed E-state index contributed by atoms with van der Waals surface area (Å²) in [6.07, 6.45) is 0.719. The first-order chi connectivity index (χ1) is 17.4. The summed E-state index contributed by atoms with van der Waals surface area (Å²) < 4.78 is 0. The average molecular weight is 540 g/mol. The Morgan fingerprint density at radius 1 is 0.865 bits per heavy atom. The second kappa shape index (κ2) is 16.2. The minimum Gasteiger partial charge on any atom is -0.481 e. The minimum atomic E-state index is -1.54. The highest BCUT2D eigenvalue weighted by Crippen LogP contribution is 2.07. The molecule has 0 radical (unpaired) electrons. The molecule has 0 aliphatic rings. The monoisotopic (exact) mass is 539 g/mol. The number of benzene rings is 1. The molecule has 0 aliphatic carbocycles. The molecule has 1 rings (SSSR count). The number of carboxylic acid groups (broad SMARTS) is 2. The number of aliphatic carboxylic acids is 2. The zero-order valence-electron chi connectivity index (χ0n) is 20.3. The molecule has 4 atom stereocenters. The maximum atomic E-state index is 13.0. The van der Waals surface area contributed by atoms with Crippen molar-refractivity contribution in [1.82, 2.24) is 16.0 Å². The fraction of sp³-hybridized carbons (Fsp3) is 0.478. The van der Waals surface area contributed by atoms with E-state index in [1.165, 1.54) is 11.8 Å². The van der Waals surface area contributed by atoms with Crippen molar-refractivity contribution in [3.63, 3.8) is 0 Å². The molecule has 13 nitrogen and oxygen atoms in total. The first-order valence-electron chi connectivity index (χ1n) is 11.4. The fourth-order valence-electron chi connectivity index (χ4n) is 3.19. The molecule has 0 saturated carbocycles. The largest absolute Gasteiger partial charge is 0.481 e. The van der Waals surface area contributed by atoms with Gasteiger partial charge < -0.3 is 37.6 Å². The molecule has 204 valence electrons. The SMILES string of the molecule is CSCCC(N)C(=O)NC(CC(=O)O)C(=O)NC(Cc1ccccc1)C(=O)NC(CCC(N)=O)C(=O)O. The minimum absolute atomic E-state index is 0.0679. The van der Waals surface area contributed by atoms with E-state index < -0.39 is 66.2 Å². The summed E-state index contributed by atoms with van der Waals surface area (Å²) in [4.78, 5) is 72.4. The van der Waals surface area contributed by atoms with Gasteiger partial charge in [0, 0.05) is 12.8 Å². The van der Waals surface area contributed by atoms with E-state index in [1.807, 2.05) is 6.26 Å². The number of nitrogens with two attached hydrogens (primary N) is 2. The number of nitrogens with one attached hydrogen (secondary N) is 3. The lowest BCUT2D eigenvalue weighted by Gasteiger charge is -2.25. The summed E-state index contributed by atoms with van der Waals surface area (Å²) >= 11 is 1.46. The second-order valence-electron chi connectivity index (χ2n) is 8.20. The molecular formula is C23H33N5O8S. The Labute approximate surface area is 218 Å². The number of carbonyl (C=O) groups excluding carboxylic acids is 4. The maximum absolute atomic E-state index is 13.0. The third-order valence-electron chi connectivity index (χ3n) is 5.19. The van der Waals surface area contributed by atoms with Crippen molar-refractivity contribution in [3.8, 4) is 0 Å². The van der Waals surface area contributed by atoms with Crippen molar-refractivity contribution in [2.45, 2.75) is 56.3 Å². The van der Waals surface area contributed by atoms with Crippen LogP contribution in [0.15, 0.2) is 30.3 Å². The molecule has 0 aliphatic heterocycles. The van der Waals surface area contributed by atoms with E-state index in [-0.39, 0.29) is 19.3 Å². The van der Waals surface area contributed by atoms with Gasteiger partial charge in [0.05, 0.1) is 12.5 Å². The van der Waals surface area contributed by atoms with Crippen LogP contribution in [0, 0.1) is 0 Å². The Hall–Kier alpha value is -3.65. The number of primary amides is 1. The summed E-state index contributed by atoms with van der Waals surface area (Å²) in [5, 5.41) is 25.6. The van der Waals surface area contributed by atoms with Gasteiger partial charge in [-0.1, -0.05) is 30.3 Å². The van der Waals surface area contributed by atoms with Crippen LogP contribution in [-0.2, 0) is 35.2 Å². The maximum Gasteiger partial charge on any atom is 0.326 e. The normalized spacial score (nSPS) is 13.9. The van der Waals surface area contributed by atoms with E-state index >= 15 is 0 Å². The molecule has 4 amide bonds. The topological polar surface area (TPSA) is 231 Å². The average Bonchev–Trinajstić information content (AvgIpc) is 2.83. The molecule has 37 heavy (non-hydrogen) atoms. The predicted molar refractivity (Wildman–Crippen MR) is 135 cm³/mol. The lowest BCUT2D eigenvalue weighted by atomic mass is 10.0. The van der Waals surface area contributed by atoms with E-state index in [0.29, 0.717) is 17.7 Å². The fourth-order valence-corrected chi connectivity index (χ4v) is 3.68. The Morgan fingerprint density at radius 2 is 1.43 bits per heavy atom. The molecule has 0 aromatic heterocycles. The van der Waals surface area contributed by atoms with Crippen molar-refractivity contribution >= 4 is 47.3 Å². The van der Waals surface area contributed by atoms with E-state index in [2.05, 4.69) is 16.0 Å². The molecule has 1 aromatic rings. The Kier molecular flexibility index (Phi) is 13.7. The molecular weight excluding hydrogens is 506 g/mol. The van der Waals surface area contributed by atoms with Crippen LogP contribution in [0.25, 0.3) is 0 Å². The van der Waals surface area contributed by atoms with Gasteiger partial charge in [-0.05, 0) is 30.4 Å². The van der Waals surface area contributed by atoms with Gasteiger partial charge >= 0.3 is 11.9 Å². The van der Waals surface area contributed by atoms with Crippen LogP contribution < -0.4 is 27.4 Å². The lowest BCUT2D eigenvalue weighted by molar-refractivity contribution is -0.143. The van der Waals surface area contributed by atoms with Crippen LogP contribution in [0.1, 0.15) is 31.2 Å². The summed E-state index contributed by atoms with van der Waals surface area (Å²) in [6, 6.07) is 3.18. The number of thioether (sulfide) groups is 1. The molecule has 0 spiro atoms. The van der Waals surface area contributed by atoms with Crippen LogP contribution in [0.4, 0.5) is 0 Å². The van der Waals surface area contributed by atoms with E-state index in [9.17, 15) is 39.0 Å². The van der Waals surface area contributed by atoms with E-state index in [1.54, 1.807) is 30.3 Å². The van der Waals surface area contributed by atoms with Gasteiger partial charge in [-0.15, -0.1) is 0 Å². The van der Waals surface area contributed by atoms with E-state index in [0.717, 1.165) is 0 Å². The van der Waals surface area contributed by atoms with Gasteiger partial charge in [-0.25, -0.2) is 4.79 Å². The van der Waals surface area contributed by atoms with Crippen LogP contribution in [0.5, 0.6) is 0 Å². The van der Waals surface area contributed by atoms with Crippen LogP contribution in [-0.4, -0.2) is 82.0 Å². The summed E-state index contributed by atoms with van der Waals surface area (Å²) in [6.45, 7) is 0. The van der Waals surface area contributed by atoms with Gasteiger partial charge in [-0.2, -0.15) is 11.8 Å². The van der Waals surface area contributed by atoms with Gasteiger partial charge in [0.1, 0.15) is 18.1 Å². The molecule has 4 unspecified atom stereocenters. The summed E-state index contributed by atoms with van der Waals surface area (Å²) in [5.41, 5.74) is 11.5. The van der Waals surface area contributed by atoms with Crippen molar-refractivity contribution in [1.29, 1.82) is 0 Å². The molecule has 1 aromatic carbocycles. The van der Waals surface area contributed by atoms with Crippen LogP contribution >= 0.6 is 11.8 Å². The third-order valence-corrected chi connectivity index (χ3v) is 5.84. The van der Waals surface area contributed by atoms with Crippen molar-refractivity contribution in [2.24, 2.45) is 11.5 Å². The molecule has 0 fully saturated rings. The standard InChI is InChI=1S/C23H33N5O8S/c1-37-10-9-14(24)20(32)27-17(12-19(30)31)22(34)28-16(11-13-5-3-2-4-6-13)21(33)26-15(23(35)36)7-8-18(25)29/h2-6,14-17H,7-12,24H2,1H3,(H2,25,29)(H,26,33)(H,27,32)(H,28,34)(H,30,31)(H,35,36). The second-order valence-corrected chi connectivity index (χ2v) is 9.19. The van der Waals surface area contributed by atoms with Gasteiger partial charge in [0.15, 0.2) is 0 Å². The zero-order chi connectivity index (χ0) is 28.0. The van der Waals surface area contributed by atoms with Crippen LogP contribution in [0.3, 0.4) is 0 Å². The Bertz CT molecular complexity index is 962. The Morgan fingerprint density at radius 3 is 1.97 bits per heavy atom. The van der Waals surface area contributed by atoms with Gasteiger partial charge in [0.2, 0.25) is 23.6 Å². The number of rotatable bonds is 17. The lowest BCUT2D eigenvalue weighted by Crippen LogP contribution is -2.58. The highest BCUT2D eigenvalue weighted by molar-refractivity contribution is 7.98. The third kappa shape index (κ3) is 12.2. The highest BCUT2D eigenvalue weighted by Gasteiger charge is 2.31.